The van der Waals surface area contributed by atoms with Gasteiger partial charge >= 0.3 is 0 Å². The van der Waals surface area contributed by atoms with Gasteiger partial charge in [-0.2, -0.15) is 0 Å². The van der Waals surface area contributed by atoms with Gasteiger partial charge in [0, 0.05) is 5.88 Å². The number of methoxy groups -OCH3 is 1. The first-order chi connectivity index (χ1) is 6.60. The van der Waals surface area contributed by atoms with Crippen LogP contribution in [0.1, 0.15) is 17.7 Å². The molecule has 0 aromatic carbocycles. The van der Waals surface area contributed by atoms with Crippen LogP contribution in [-0.2, 0) is 5.88 Å². The molecule has 0 unspecified atom stereocenters. The Labute approximate surface area is 98.8 Å². The molecular formula is C8H7ClF2INO. The Kier molecular flexibility index (Phi) is 4.31. The molecule has 0 saturated heterocycles. The fourth-order valence-electron chi connectivity index (χ4n) is 0.962. The highest BCUT2D eigenvalue weighted by Gasteiger charge is 2.17. The Bertz CT molecular complexity index is 335. The van der Waals surface area contributed by atoms with E-state index in [-0.39, 0.29) is 17.5 Å². The van der Waals surface area contributed by atoms with Gasteiger partial charge in [0.2, 0.25) is 5.88 Å². The van der Waals surface area contributed by atoms with Gasteiger partial charge < -0.3 is 4.74 Å². The second-order valence-corrected chi connectivity index (χ2v) is 3.89. The summed E-state index contributed by atoms with van der Waals surface area (Å²) in [7, 11) is 1.39. The van der Waals surface area contributed by atoms with Gasteiger partial charge in [0.05, 0.1) is 10.7 Å². The molecule has 6 heteroatoms. The molecule has 0 aliphatic carbocycles. The first-order valence-corrected chi connectivity index (χ1v) is 5.29. The van der Waals surface area contributed by atoms with Crippen molar-refractivity contribution in [1.29, 1.82) is 0 Å². The third-order valence-corrected chi connectivity index (χ3v) is 2.66. The third-order valence-electron chi connectivity index (χ3n) is 1.60. The third kappa shape index (κ3) is 2.44. The van der Waals surface area contributed by atoms with E-state index in [0.717, 1.165) is 0 Å². The van der Waals surface area contributed by atoms with Gasteiger partial charge in [-0.25, -0.2) is 13.8 Å². The number of hydrogen-bond donors (Lipinski definition) is 0. The molecule has 1 heterocycles. The van der Waals surface area contributed by atoms with Crippen LogP contribution in [0.5, 0.6) is 5.88 Å². The average Bonchev–Trinajstić information content (AvgIpc) is 2.16. The van der Waals surface area contributed by atoms with E-state index in [9.17, 15) is 8.78 Å². The Hall–Kier alpha value is -0.170. The number of pyridine rings is 1. The summed E-state index contributed by atoms with van der Waals surface area (Å²) >= 11 is 7.48. The van der Waals surface area contributed by atoms with Crippen molar-refractivity contribution in [3.63, 3.8) is 0 Å². The van der Waals surface area contributed by atoms with Crippen LogP contribution in [-0.4, -0.2) is 12.1 Å². The van der Waals surface area contributed by atoms with Gasteiger partial charge in [0.15, 0.2) is 0 Å². The van der Waals surface area contributed by atoms with Crippen molar-refractivity contribution < 1.29 is 13.5 Å². The van der Waals surface area contributed by atoms with E-state index in [0.29, 0.717) is 9.13 Å². The van der Waals surface area contributed by atoms with Crippen LogP contribution < -0.4 is 4.74 Å². The van der Waals surface area contributed by atoms with Crippen molar-refractivity contribution in [2.75, 3.05) is 7.11 Å². The minimum absolute atomic E-state index is 0.0205. The maximum absolute atomic E-state index is 12.5. The molecule has 0 aliphatic rings. The van der Waals surface area contributed by atoms with Gasteiger partial charge in [-0.1, -0.05) is 0 Å². The number of halogens is 4. The largest absolute Gasteiger partial charge is 0.480 e. The Morgan fingerprint density at radius 1 is 1.64 bits per heavy atom. The Morgan fingerprint density at radius 2 is 2.29 bits per heavy atom. The van der Waals surface area contributed by atoms with Gasteiger partial charge in [-0.3, -0.25) is 0 Å². The number of rotatable bonds is 3. The summed E-state index contributed by atoms with van der Waals surface area (Å²) in [6.45, 7) is 0. The zero-order valence-electron chi connectivity index (χ0n) is 7.23. The minimum atomic E-state index is -2.63. The van der Waals surface area contributed by atoms with Crippen LogP contribution in [0.2, 0.25) is 0 Å². The SMILES string of the molecule is COc1nc(C(F)F)c(CCl)cc1I. The molecule has 1 rings (SSSR count). The van der Waals surface area contributed by atoms with Gasteiger partial charge in [0.1, 0.15) is 5.69 Å². The van der Waals surface area contributed by atoms with E-state index in [2.05, 4.69) is 4.98 Å². The second kappa shape index (κ2) is 5.06. The molecule has 0 spiro atoms. The topological polar surface area (TPSA) is 22.1 Å². The van der Waals surface area contributed by atoms with Crippen molar-refractivity contribution in [3.8, 4) is 5.88 Å². The molecule has 0 saturated carbocycles. The van der Waals surface area contributed by atoms with E-state index in [1.807, 2.05) is 22.6 Å². The average molecular weight is 334 g/mol. The highest BCUT2D eigenvalue weighted by atomic mass is 127. The predicted molar refractivity (Wildman–Crippen MR) is 58.0 cm³/mol. The summed E-state index contributed by atoms with van der Waals surface area (Å²) in [5.74, 6) is 0.224. The molecule has 0 aliphatic heterocycles. The molecule has 0 radical (unpaired) electrons. The number of aromatic nitrogens is 1. The normalized spacial score (nSPS) is 10.7. The molecular weight excluding hydrogens is 326 g/mol. The monoisotopic (exact) mass is 333 g/mol. The van der Waals surface area contributed by atoms with Crippen LogP contribution in [0, 0.1) is 3.57 Å². The van der Waals surface area contributed by atoms with Crippen molar-refractivity contribution >= 4 is 34.2 Å². The number of hydrogen-bond acceptors (Lipinski definition) is 2. The lowest BCUT2D eigenvalue weighted by atomic mass is 10.2. The maximum Gasteiger partial charge on any atom is 0.280 e. The van der Waals surface area contributed by atoms with E-state index < -0.39 is 6.43 Å². The summed E-state index contributed by atoms with van der Waals surface area (Å²) in [5, 5.41) is 0. The lowest BCUT2D eigenvalue weighted by molar-refractivity contribution is 0.144. The van der Waals surface area contributed by atoms with Crippen LogP contribution in [0.4, 0.5) is 8.78 Å². The molecule has 0 atom stereocenters. The lowest BCUT2D eigenvalue weighted by Gasteiger charge is -2.09. The molecule has 0 N–H and O–H groups in total. The van der Waals surface area contributed by atoms with Crippen LogP contribution in [0.15, 0.2) is 6.07 Å². The van der Waals surface area contributed by atoms with Crippen molar-refractivity contribution in [2.24, 2.45) is 0 Å². The fraction of sp³-hybridized carbons (Fsp3) is 0.375. The van der Waals surface area contributed by atoms with Gasteiger partial charge in [0.25, 0.3) is 6.43 Å². The molecule has 14 heavy (non-hydrogen) atoms. The van der Waals surface area contributed by atoms with E-state index in [1.165, 1.54) is 7.11 Å². The molecule has 1 aromatic rings. The molecule has 0 bridgehead atoms. The Balaban J connectivity index is 3.25. The molecule has 0 fully saturated rings. The number of nitrogens with zero attached hydrogens (tertiary/aromatic N) is 1. The quantitative estimate of drug-likeness (QED) is 0.625. The zero-order valence-corrected chi connectivity index (χ0v) is 10.1. The van der Waals surface area contributed by atoms with Gasteiger partial charge in [-0.15, -0.1) is 11.6 Å². The van der Waals surface area contributed by atoms with E-state index >= 15 is 0 Å². The predicted octanol–water partition coefficient (Wildman–Crippen LogP) is 3.37. The van der Waals surface area contributed by atoms with Crippen LogP contribution in [0.3, 0.4) is 0 Å². The Morgan fingerprint density at radius 3 is 2.71 bits per heavy atom. The first-order valence-electron chi connectivity index (χ1n) is 3.67. The minimum Gasteiger partial charge on any atom is -0.480 e. The fourth-order valence-corrected chi connectivity index (χ4v) is 1.89. The summed E-state index contributed by atoms with van der Waals surface area (Å²) in [5.41, 5.74) is 0.0316. The highest BCUT2D eigenvalue weighted by molar-refractivity contribution is 14.1. The molecule has 78 valence electrons. The van der Waals surface area contributed by atoms with Gasteiger partial charge in [-0.05, 0) is 34.2 Å². The summed E-state index contributed by atoms with van der Waals surface area (Å²) in [4.78, 5) is 3.70. The molecule has 1 aromatic heterocycles. The van der Waals surface area contributed by atoms with E-state index in [1.54, 1.807) is 6.07 Å². The van der Waals surface area contributed by atoms with Crippen LogP contribution in [0.25, 0.3) is 0 Å². The van der Waals surface area contributed by atoms with Crippen molar-refractivity contribution in [2.45, 2.75) is 12.3 Å². The zero-order chi connectivity index (χ0) is 10.7. The molecule has 2 nitrogen and oxygen atoms in total. The summed E-state index contributed by atoms with van der Waals surface area (Å²) in [6, 6.07) is 1.56. The summed E-state index contributed by atoms with van der Waals surface area (Å²) < 4.78 is 30.5. The summed E-state index contributed by atoms with van der Waals surface area (Å²) in [6.07, 6.45) is -2.63. The number of alkyl halides is 3. The lowest BCUT2D eigenvalue weighted by Crippen LogP contribution is -2.01. The standard InChI is InChI=1S/C8H7ClF2INO/c1-14-8-5(12)2-4(3-9)6(13-8)7(10)11/h2,7H,3H2,1H3. The van der Waals surface area contributed by atoms with Crippen LogP contribution >= 0.6 is 34.2 Å². The molecule has 0 amide bonds. The number of ether oxygens (including phenoxy) is 1. The highest BCUT2D eigenvalue weighted by Crippen LogP contribution is 2.28. The van der Waals surface area contributed by atoms with Crippen molar-refractivity contribution in [3.05, 3.63) is 20.9 Å². The first kappa shape index (κ1) is 11.9. The second-order valence-electron chi connectivity index (χ2n) is 2.46. The smallest absolute Gasteiger partial charge is 0.280 e. The van der Waals surface area contributed by atoms with E-state index in [4.69, 9.17) is 16.3 Å². The maximum atomic E-state index is 12.5. The van der Waals surface area contributed by atoms with Crippen molar-refractivity contribution in [1.82, 2.24) is 4.98 Å².